The first kappa shape index (κ1) is 14.3. The molecule has 1 aromatic carbocycles. The predicted molar refractivity (Wildman–Crippen MR) is 81.7 cm³/mol. The highest BCUT2D eigenvalue weighted by Gasteiger charge is 2.15. The van der Waals surface area contributed by atoms with Crippen molar-refractivity contribution in [3.8, 4) is 5.69 Å². The molecule has 0 bridgehead atoms. The number of nitrogens with zero attached hydrogens (tertiary/aromatic N) is 3. The zero-order valence-corrected chi connectivity index (χ0v) is 11.8. The quantitative estimate of drug-likeness (QED) is 0.635. The van der Waals surface area contributed by atoms with Crippen LogP contribution < -0.4 is 10.5 Å². The Morgan fingerprint density at radius 3 is 2.32 bits per heavy atom. The summed E-state index contributed by atoms with van der Waals surface area (Å²) in [6.45, 7) is 3.06. The second kappa shape index (κ2) is 5.98. The molecule has 0 spiro atoms. The van der Waals surface area contributed by atoms with Crippen molar-refractivity contribution in [2.45, 2.75) is 0 Å². The minimum Gasteiger partial charge on any atom is -0.378 e. The summed E-state index contributed by atoms with van der Waals surface area (Å²) in [7, 11) is 0. The van der Waals surface area contributed by atoms with Gasteiger partial charge in [0.2, 0.25) is 0 Å². The molecular weight excluding hydrogens is 286 g/mol. The Hall–Kier alpha value is -2.67. The van der Waals surface area contributed by atoms with E-state index in [1.165, 1.54) is 22.9 Å². The van der Waals surface area contributed by atoms with Crippen LogP contribution in [0.3, 0.4) is 0 Å². The molecule has 0 radical (unpaired) electrons. The van der Waals surface area contributed by atoms with Gasteiger partial charge in [0.1, 0.15) is 0 Å². The summed E-state index contributed by atoms with van der Waals surface area (Å²) < 4.78 is 6.59. The molecule has 0 saturated carbocycles. The number of anilines is 1. The van der Waals surface area contributed by atoms with Crippen LogP contribution in [0.25, 0.3) is 5.69 Å². The second-order valence-electron chi connectivity index (χ2n) is 4.94. The molecule has 0 aliphatic carbocycles. The van der Waals surface area contributed by atoms with Crippen molar-refractivity contribution in [2.75, 3.05) is 31.2 Å². The highest BCUT2D eigenvalue weighted by Crippen LogP contribution is 2.18. The Bertz CT molecular complexity index is 733. The number of rotatable bonds is 3. The molecule has 0 unspecified atom stereocenters. The Morgan fingerprint density at radius 2 is 1.68 bits per heavy atom. The molecule has 0 N–H and O–H groups in total. The minimum atomic E-state index is -0.666. The predicted octanol–water partition coefficient (Wildman–Crippen LogP) is 1.58. The van der Waals surface area contributed by atoms with Crippen molar-refractivity contribution in [3.63, 3.8) is 0 Å². The van der Waals surface area contributed by atoms with Crippen molar-refractivity contribution in [3.05, 3.63) is 63.1 Å². The van der Waals surface area contributed by atoms with Crippen LogP contribution in [0.5, 0.6) is 0 Å². The Labute approximate surface area is 126 Å². The third kappa shape index (κ3) is 2.71. The first-order chi connectivity index (χ1) is 10.7. The first-order valence-corrected chi connectivity index (χ1v) is 6.96. The molecule has 1 fully saturated rings. The smallest absolute Gasteiger partial charge is 0.334 e. The molecule has 1 aromatic heterocycles. The molecule has 0 amide bonds. The summed E-state index contributed by atoms with van der Waals surface area (Å²) in [6, 6.07) is 10.1. The molecule has 1 aliphatic heterocycles. The van der Waals surface area contributed by atoms with E-state index in [-0.39, 0.29) is 0 Å². The lowest BCUT2D eigenvalue weighted by molar-refractivity contribution is -0.386. The Morgan fingerprint density at radius 1 is 1.05 bits per heavy atom. The van der Waals surface area contributed by atoms with E-state index in [1.54, 1.807) is 12.1 Å². The topological polar surface area (TPSA) is 77.6 Å². The number of hydrogen-bond acceptors (Lipinski definition) is 5. The van der Waals surface area contributed by atoms with E-state index < -0.39 is 16.2 Å². The number of ether oxygens (including phenoxy) is 1. The summed E-state index contributed by atoms with van der Waals surface area (Å²) >= 11 is 0. The standard InChI is InChI=1S/C15H15N3O4/c19-15-14(18(20)21)2-1-7-17(15)13-5-3-12(4-6-13)16-8-10-22-11-9-16/h1-7H,8-11H2. The highest BCUT2D eigenvalue weighted by atomic mass is 16.6. The summed E-state index contributed by atoms with van der Waals surface area (Å²) in [5, 5.41) is 10.8. The van der Waals surface area contributed by atoms with Crippen LogP contribution in [-0.4, -0.2) is 35.8 Å². The van der Waals surface area contributed by atoms with Gasteiger partial charge < -0.3 is 9.64 Å². The van der Waals surface area contributed by atoms with Crippen LogP contribution in [0.2, 0.25) is 0 Å². The Balaban J connectivity index is 1.91. The molecular formula is C15H15N3O4. The summed E-state index contributed by atoms with van der Waals surface area (Å²) in [5.41, 5.74) is 0.586. The fourth-order valence-electron chi connectivity index (χ4n) is 2.47. The molecule has 3 rings (SSSR count). The van der Waals surface area contributed by atoms with Crippen molar-refractivity contribution in [1.82, 2.24) is 4.57 Å². The van der Waals surface area contributed by atoms with E-state index in [0.29, 0.717) is 18.9 Å². The van der Waals surface area contributed by atoms with E-state index in [0.717, 1.165) is 18.8 Å². The van der Waals surface area contributed by atoms with Crippen molar-refractivity contribution in [2.24, 2.45) is 0 Å². The van der Waals surface area contributed by atoms with Crippen LogP contribution in [-0.2, 0) is 4.74 Å². The number of aromatic nitrogens is 1. The first-order valence-electron chi connectivity index (χ1n) is 6.96. The fourth-order valence-corrected chi connectivity index (χ4v) is 2.47. The van der Waals surface area contributed by atoms with Crippen molar-refractivity contribution in [1.29, 1.82) is 0 Å². The van der Waals surface area contributed by atoms with Gasteiger partial charge in [-0.15, -0.1) is 0 Å². The third-order valence-corrected chi connectivity index (χ3v) is 3.63. The van der Waals surface area contributed by atoms with E-state index >= 15 is 0 Å². The number of nitro groups is 1. The van der Waals surface area contributed by atoms with E-state index in [1.807, 2.05) is 12.1 Å². The van der Waals surface area contributed by atoms with E-state index in [4.69, 9.17) is 4.74 Å². The van der Waals surface area contributed by atoms with Gasteiger partial charge in [-0.2, -0.15) is 0 Å². The van der Waals surface area contributed by atoms with Crippen LogP contribution in [0.1, 0.15) is 0 Å². The van der Waals surface area contributed by atoms with Gasteiger partial charge in [0.15, 0.2) is 0 Å². The fraction of sp³-hybridized carbons (Fsp3) is 0.267. The van der Waals surface area contributed by atoms with Crippen LogP contribution >= 0.6 is 0 Å². The van der Waals surface area contributed by atoms with Gasteiger partial charge in [-0.05, 0) is 30.3 Å². The minimum absolute atomic E-state index is 0.431. The van der Waals surface area contributed by atoms with Crippen LogP contribution in [0.4, 0.5) is 11.4 Å². The van der Waals surface area contributed by atoms with Gasteiger partial charge in [-0.3, -0.25) is 19.5 Å². The van der Waals surface area contributed by atoms with Gasteiger partial charge in [-0.25, -0.2) is 0 Å². The van der Waals surface area contributed by atoms with Gasteiger partial charge in [-0.1, -0.05) is 0 Å². The van der Waals surface area contributed by atoms with E-state index in [9.17, 15) is 14.9 Å². The molecule has 114 valence electrons. The molecule has 7 heteroatoms. The highest BCUT2D eigenvalue weighted by molar-refractivity contribution is 5.51. The summed E-state index contributed by atoms with van der Waals surface area (Å²) in [4.78, 5) is 24.5. The maximum absolute atomic E-state index is 12.1. The molecule has 1 saturated heterocycles. The zero-order chi connectivity index (χ0) is 15.5. The van der Waals surface area contributed by atoms with Crippen LogP contribution in [0, 0.1) is 10.1 Å². The molecule has 2 aromatic rings. The molecule has 1 aliphatic rings. The number of benzene rings is 1. The average molecular weight is 301 g/mol. The maximum Gasteiger partial charge on any atom is 0.334 e. The lowest BCUT2D eigenvalue weighted by atomic mass is 10.2. The maximum atomic E-state index is 12.1. The van der Waals surface area contributed by atoms with Gasteiger partial charge in [0.25, 0.3) is 0 Å². The SMILES string of the molecule is O=c1c([N+](=O)[O-])cccn1-c1ccc(N2CCOCC2)cc1. The summed E-state index contributed by atoms with van der Waals surface area (Å²) in [6.07, 6.45) is 1.53. The number of hydrogen-bond donors (Lipinski definition) is 0. The van der Waals surface area contributed by atoms with Gasteiger partial charge >= 0.3 is 11.2 Å². The lowest BCUT2D eigenvalue weighted by Gasteiger charge is -2.28. The van der Waals surface area contributed by atoms with E-state index in [2.05, 4.69) is 4.90 Å². The zero-order valence-electron chi connectivity index (χ0n) is 11.8. The molecule has 7 nitrogen and oxygen atoms in total. The number of morpholine rings is 1. The third-order valence-electron chi connectivity index (χ3n) is 3.63. The van der Waals surface area contributed by atoms with Crippen LogP contribution in [0.15, 0.2) is 47.4 Å². The van der Waals surface area contributed by atoms with Gasteiger partial charge in [0, 0.05) is 36.7 Å². The molecule has 22 heavy (non-hydrogen) atoms. The van der Waals surface area contributed by atoms with Gasteiger partial charge in [0.05, 0.1) is 18.1 Å². The average Bonchev–Trinajstić information content (AvgIpc) is 2.56. The monoisotopic (exact) mass is 301 g/mol. The normalized spacial score (nSPS) is 14.8. The summed E-state index contributed by atoms with van der Waals surface area (Å²) in [5.74, 6) is 0. The number of pyridine rings is 1. The van der Waals surface area contributed by atoms with Crippen molar-refractivity contribution >= 4 is 11.4 Å². The largest absolute Gasteiger partial charge is 0.378 e. The van der Waals surface area contributed by atoms with Crippen molar-refractivity contribution < 1.29 is 9.66 Å². The second-order valence-corrected chi connectivity index (χ2v) is 4.94. The molecule has 2 heterocycles. The molecule has 0 atom stereocenters. The lowest BCUT2D eigenvalue weighted by Crippen LogP contribution is -2.36. The Kier molecular flexibility index (Phi) is 3.88.